The second-order valence-corrected chi connectivity index (χ2v) is 8.93. The Bertz CT molecular complexity index is 1260. The minimum Gasteiger partial charge on any atom is -0.465 e. The van der Waals surface area contributed by atoms with Crippen molar-refractivity contribution in [3.05, 3.63) is 65.6 Å². The standard InChI is InChI=1S/C24H25FN6O2/c1-24(2,3)31(23(32)33)20(11-16-13-27-18-9-6-7-15(12-26)21(16)18)22-29-28-14-30(22)19-10-5-4-8-17(19)25/h4-10,13-14,20,22,27,29H,11H2,1-3H3,(H,32,33)/t20-,22?/m0/s1. The van der Waals surface area contributed by atoms with Gasteiger partial charge in [-0.15, -0.1) is 0 Å². The number of H-pyrrole nitrogens is 1. The van der Waals surface area contributed by atoms with Gasteiger partial charge in [0.2, 0.25) is 0 Å². The van der Waals surface area contributed by atoms with Crippen molar-refractivity contribution in [2.24, 2.45) is 5.10 Å². The van der Waals surface area contributed by atoms with Crippen LogP contribution in [0.25, 0.3) is 10.9 Å². The third-order valence-corrected chi connectivity index (χ3v) is 5.78. The molecule has 2 atom stereocenters. The summed E-state index contributed by atoms with van der Waals surface area (Å²) in [6, 6.07) is 13.2. The molecule has 4 rings (SSSR count). The number of nitriles is 1. The predicted octanol–water partition coefficient (Wildman–Crippen LogP) is 4.25. The van der Waals surface area contributed by atoms with Crippen molar-refractivity contribution in [3.8, 4) is 6.07 Å². The number of rotatable bonds is 5. The molecule has 1 aliphatic heterocycles. The fraction of sp³-hybridized carbons (Fsp3) is 0.292. The monoisotopic (exact) mass is 448 g/mol. The highest BCUT2D eigenvalue weighted by molar-refractivity contribution is 5.89. The van der Waals surface area contributed by atoms with Gasteiger partial charge in [0, 0.05) is 22.6 Å². The van der Waals surface area contributed by atoms with E-state index >= 15 is 0 Å². The van der Waals surface area contributed by atoms with E-state index in [0.29, 0.717) is 5.56 Å². The summed E-state index contributed by atoms with van der Waals surface area (Å²) < 4.78 is 14.7. The highest BCUT2D eigenvalue weighted by Gasteiger charge is 2.42. The Balaban J connectivity index is 1.83. The molecule has 0 aliphatic carbocycles. The van der Waals surface area contributed by atoms with Crippen LogP contribution in [0.1, 0.15) is 31.9 Å². The number of halogens is 1. The Kier molecular flexibility index (Phi) is 5.68. The minimum absolute atomic E-state index is 0.272. The number of nitrogens with zero attached hydrogens (tertiary/aromatic N) is 4. The number of amides is 1. The molecule has 1 aromatic heterocycles. The van der Waals surface area contributed by atoms with Crippen LogP contribution in [0.3, 0.4) is 0 Å². The summed E-state index contributed by atoms with van der Waals surface area (Å²) in [5.41, 5.74) is 4.60. The maximum absolute atomic E-state index is 14.7. The van der Waals surface area contributed by atoms with Crippen molar-refractivity contribution in [2.75, 3.05) is 4.90 Å². The summed E-state index contributed by atoms with van der Waals surface area (Å²) in [5.74, 6) is -0.437. The summed E-state index contributed by atoms with van der Waals surface area (Å²) in [4.78, 5) is 18.6. The van der Waals surface area contributed by atoms with Gasteiger partial charge in [-0.05, 0) is 57.0 Å². The van der Waals surface area contributed by atoms with E-state index in [9.17, 15) is 19.6 Å². The van der Waals surface area contributed by atoms with Crippen LogP contribution in [0.2, 0.25) is 0 Å². The lowest BCUT2D eigenvalue weighted by atomic mass is 9.94. The Labute approximate surface area is 190 Å². The number of carbonyl (C=O) groups is 1. The van der Waals surface area contributed by atoms with Crippen LogP contribution >= 0.6 is 0 Å². The number of aromatic nitrogens is 1. The molecular weight excluding hydrogens is 423 g/mol. The summed E-state index contributed by atoms with van der Waals surface area (Å²) in [6.07, 6.45) is 1.76. The third-order valence-electron chi connectivity index (χ3n) is 5.78. The van der Waals surface area contributed by atoms with Gasteiger partial charge >= 0.3 is 6.09 Å². The zero-order valence-corrected chi connectivity index (χ0v) is 18.6. The second kappa shape index (κ2) is 8.47. The molecule has 33 heavy (non-hydrogen) atoms. The average molecular weight is 449 g/mol. The van der Waals surface area contributed by atoms with E-state index in [2.05, 4.69) is 21.6 Å². The number of aromatic amines is 1. The number of nitrogens with one attached hydrogen (secondary N) is 2. The first-order chi connectivity index (χ1) is 15.7. The van der Waals surface area contributed by atoms with Gasteiger partial charge in [0.15, 0.2) is 0 Å². The number of hydrogen-bond acceptors (Lipinski definition) is 5. The number of anilines is 1. The Morgan fingerprint density at radius 1 is 1.30 bits per heavy atom. The molecule has 2 aromatic carbocycles. The topological polar surface area (TPSA) is 108 Å². The van der Waals surface area contributed by atoms with Crippen LogP contribution in [0.15, 0.2) is 53.8 Å². The van der Waals surface area contributed by atoms with Crippen LogP contribution in [-0.2, 0) is 6.42 Å². The number of hydrogen-bond donors (Lipinski definition) is 3. The van der Waals surface area contributed by atoms with E-state index in [1.165, 1.54) is 17.3 Å². The molecule has 0 saturated carbocycles. The molecule has 8 nitrogen and oxygen atoms in total. The molecule has 3 aromatic rings. The van der Waals surface area contributed by atoms with Gasteiger partial charge in [-0.3, -0.25) is 10.3 Å². The maximum Gasteiger partial charge on any atom is 0.408 e. The summed E-state index contributed by atoms with van der Waals surface area (Å²) in [5, 5.41) is 24.7. The number of para-hydroxylation sites is 1. The first-order valence-electron chi connectivity index (χ1n) is 10.6. The molecule has 9 heteroatoms. The lowest BCUT2D eigenvalue weighted by molar-refractivity contribution is 0.0585. The summed E-state index contributed by atoms with van der Waals surface area (Å²) >= 11 is 0. The number of carboxylic acid groups (broad SMARTS) is 1. The molecule has 0 bridgehead atoms. The Morgan fingerprint density at radius 3 is 2.73 bits per heavy atom. The second-order valence-electron chi connectivity index (χ2n) is 8.93. The molecule has 2 heterocycles. The van der Waals surface area contributed by atoms with Gasteiger partial charge in [0.1, 0.15) is 18.3 Å². The molecular formula is C24H25FN6O2. The lowest BCUT2D eigenvalue weighted by Gasteiger charge is -2.44. The maximum atomic E-state index is 14.7. The van der Waals surface area contributed by atoms with Gasteiger partial charge in [-0.2, -0.15) is 10.4 Å². The quantitative estimate of drug-likeness (QED) is 0.541. The van der Waals surface area contributed by atoms with E-state index in [0.717, 1.165) is 16.5 Å². The van der Waals surface area contributed by atoms with Crippen molar-refractivity contribution >= 4 is 29.0 Å². The van der Waals surface area contributed by atoms with Crippen molar-refractivity contribution in [3.63, 3.8) is 0 Å². The third kappa shape index (κ3) is 4.07. The number of benzene rings is 2. The molecule has 3 N–H and O–H groups in total. The SMILES string of the molecule is CC(C)(C)N(C(=O)O)[C@@H](Cc1c[nH]c2cccc(C#N)c12)C1NN=CN1c1ccccc1F. The molecule has 1 aliphatic rings. The predicted molar refractivity (Wildman–Crippen MR) is 124 cm³/mol. The van der Waals surface area contributed by atoms with Gasteiger partial charge in [0.05, 0.1) is 23.4 Å². The molecule has 0 saturated heterocycles. The summed E-state index contributed by atoms with van der Waals surface area (Å²) in [7, 11) is 0. The normalized spacial score (nSPS) is 16.5. The summed E-state index contributed by atoms with van der Waals surface area (Å²) in [6.45, 7) is 5.44. The fourth-order valence-corrected chi connectivity index (χ4v) is 4.46. The Hall–Kier alpha value is -4.06. The Morgan fingerprint density at radius 2 is 2.06 bits per heavy atom. The van der Waals surface area contributed by atoms with Crippen molar-refractivity contribution in [1.29, 1.82) is 5.26 Å². The molecule has 0 spiro atoms. The van der Waals surface area contributed by atoms with E-state index in [1.54, 1.807) is 41.4 Å². The van der Waals surface area contributed by atoms with Crippen LogP contribution in [0.4, 0.5) is 14.9 Å². The molecule has 0 radical (unpaired) electrons. The zero-order valence-electron chi connectivity index (χ0n) is 18.6. The lowest BCUT2D eigenvalue weighted by Crippen LogP contribution is -2.62. The minimum atomic E-state index is -1.10. The number of fused-ring (bicyclic) bond motifs is 1. The van der Waals surface area contributed by atoms with Crippen molar-refractivity contribution < 1.29 is 14.3 Å². The van der Waals surface area contributed by atoms with Crippen LogP contribution in [0, 0.1) is 17.1 Å². The average Bonchev–Trinajstić information content (AvgIpc) is 3.39. The smallest absolute Gasteiger partial charge is 0.408 e. The van der Waals surface area contributed by atoms with E-state index in [4.69, 9.17) is 0 Å². The molecule has 1 unspecified atom stereocenters. The van der Waals surface area contributed by atoms with Crippen molar-refractivity contribution in [1.82, 2.24) is 15.3 Å². The first kappa shape index (κ1) is 22.1. The molecule has 0 fully saturated rings. The van der Waals surface area contributed by atoms with E-state index < -0.39 is 29.7 Å². The van der Waals surface area contributed by atoms with Crippen molar-refractivity contribution in [2.45, 2.75) is 44.9 Å². The fourth-order valence-electron chi connectivity index (χ4n) is 4.46. The first-order valence-corrected chi connectivity index (χ1v) is 10.6. The van der Waals surface area contributed by atoms with Gasteiger partial charge < -0.3 is 15.0 Å². The zero-order chi connectivity index (χ0) is 23.8. The van der Waals surface area contributed by atoms with Gasteiger partial charge in [0.25, 0.3) is 0 Å². The van der Waals surface area contributed by atoms with Gasteiger partial charge in [-0.25, -0.2) is 9.18 Å². The van der Waals surface area contributed by atoms with Crippen LogP contribution < -0.4 is 10.3 Å². The number of hydrazone groups is 1. The molecule has 170 valence electrons. The van der Waals surface area contributed by atoms with E-state index in [-0.39, 0.29) is 12.1 Å². The van der Waals surface area contributed by atoms with E-state index in [1.807, 2.05) is 26.8 Å². The highest BCUT2D eigenvalue weighted by Crippen LogP contribution is 2.31. The van der Waals surface area contributed by atoms with Crippen LogP contribution in [0.5, 0.6) is 0 Å². The van der Waals surface area contributed by atoms with Gasteiger partial charge in [-0.1, -0.05) is 18.2 Å². The van der Waals surface area contributed by atoms with Crippen LogP contribution in [-0.4, -0.2) is 45.2 Å². The largest absolute Gasteiger partial charge is 0.465 e. The molecule has 1 amide bonds. The highest BCUT2D eigenvalue weighted by atomic mass is 19.1.